The average Bonchev–Trinajstić information content (AvgIpc) is 3.18. The third-order valence-corrected chi connectivity index (χ3v) is 5.53. The van der Waals surface area contributed by atoms with Crippen LogP contribution in [0.4, 0.5) is 0 Å². The molecule has 0 atom stereocenters. The van der Waals surface area contributed by atoms with Crippen LogP contribution in [0, 0.1) is 0 Å². The number of rotatable bonds is 6. The normalized spacial score (nSPS) is 11.1. The summed E-state index contributed by atoms with van der Waals surface area (Å²) in [6, 6.07) is 12.2. The maximum Gasteiger partial charge on any atom is 0.262 e. The van der Waals surface area contributed by atoms with Crippen molar-refractivity contribution in [3.8, 4) is 11.5 Å². The third kappa shape index (κ3) is 4.22. The van der Waals surface area contributed by atoms with E-state index < -0.39 is 0 Å². The molecule has 4 rings (SSSR count). The highest BCUT2D eigenvalue weighted by Gasteiger charge is 2.14. The summed E-state index contributed by atoms with van der Waals surface area (Å²) in [5.41, 5.74) is 1.17. The van der Waals surface area contributed by atoms with E-state index in [2.05, 4.69) is 21.8 Å². The number of halogens is 2. The summed E-state index contributed by atoms with van der Waals surface area (Å²) in [7, 11) is 0. The molecule has 0 radical (unpaired) electrons. The second-order valence-electron chi connectivity index (χ2n) is 6.06. The van der Waals surface area contributed by atoms with Crippen LogP contribution in [0.2, 0.25) is 10.0 Å². The zero-order chi connectivity index (χ0) is 20.4. The van der Waals surface area contributed by atoms with Gasteiger partial charge in [-0.1, -0.05) is 41.0 Å². The lowest BCUT2D eigenvalue weighted by atomic mass is 10.2. The Hall–Kier alpha value is -2.61. The number of nitrogens with zero attached hydrogens (tertiary/aromatic N) is 4. The molecule has 4 aromatic rings. The van der Waals surface area contributed by atoms with Crippen LogP contribution in [0.3, 0.4) is 0 Å². The predicted octanol–water partition coefficient (Wildman–Crippen LogP) is 5.23. The number of hydrogen-bond acceptors (Lipinski definition) is 6. The Bertz CT molecular complexity index is 1250. The Labute approximate surface area is 180 Å². The van der Waals surface area contributed by atoms with Gasteiger partial charge in [0, 0.05) is 22.2 Å². The van der Waals surface area contributed by atoms with Crippen LogP contribution >= 0.6 is 35.0 Å². The van der Waals surface area contributed by atoms with Gasteiger partial charge in [0.25, 0.3) is 5.56 Å². The van der Waals surface area contributed by atoms with Gasteiger partial charge >= 0.3 is 0 Å². The minimum Gasteiger partial charge on any atom is -0.420 e. The molecule has 0 saturated carbocycles. The SMILES string of the molecule is C=CCn1c(SCc2nnc(-c3ccc(Cl)cc3)o2)nc2cc(Cl)ccc2c1=O. The van der Waals surface area contributed by atoms with Crippen LogP contribution in [0.1, 0.15) is 5.89 Å². The molecular formula is C20H14Cl2N4O2S. The molecule has 0 spiro atoms. The van der Waals surface area contributed by atoms with E-state index in [0.717, 1.165) is 5.56 Å². The standard InChI is InChI=1S/C20H14Cl2N4O2S/c1-2-9-26-19(27)15-8-7-14(22)10-16(15)23-20(26)29-11-17-24-25-18(28-17)12-3-5-13(21)6-4-12/h2-8,10H,1,9,11H2. The van der Waals surface area contributed by atoms with Gasteiger partial charge < -0.3 is 4.42 Å². The first-order valence-electron chi connectivity index (χ1n) is 8.57. The summed E-state index contributed by atoms with van der Waals surface area (Å²) in [6.07, 6.45) is 1.65. The fourth-order valence-electron chi connectivity index (χ4n) is 2.72. The molecule has 146 valence electrons. The van der Waals surface area contributed by atoms with Gasteiger partial charge in [0.1, 0.15) is 0 Å². The summed E-state index contributed by atoms with van der Waals surface area (Å²) < 4.78 is 7.29. The fourth-order valence-corrected chi connectivity index (χ4v) is 3.86. The van der Waals surface area contributed by atoms with E-state index in [1.165, 1.54) is 11.8 Å². The zero-order valence-electron chi connectivity index (χ0n) is 15.0. The van der Waals surface area contributed by atoms with Crippen molar-refractivity contribution in [2.75, 3.05) is 0 Å². The number of hydrogen-bond donors (Lipinski definition) is 0. The third-order valence-electron chi connectivity index (χ3n) is 4.08. The second-order valence-corrected chi connectivity index (χ2v) is 7.87. The molecule has 2 aromatic heterocycles. The van der Waals surface area contributed by atoms with Crippen molar-refractivity contribution < 1.29 is 4.42 Å². The summed E-state index contributed by atoms with van der Waals surface area (Å²) in [6.45, 7) is 4.07. The minimum atomic E-state index is -0.151. The molecule has 0 bridgehead atoms. The first kappa shape index (κ1) is 19.7. The second kappa shape index (κ2) is 8.41. The van der Waals surface area contributed by atoms with E-state index in [1.807, 2.05) is 12.1 Å². The van der Waals surface area contributed by atoms with Crippen molar-refractivity contribution in [1.29, 1.82) is 0 Å². The number of thioether (sulfide) groups is 1. The molecule has 0 saturated heterocycles. The fraction of sp³-hybridized carbons (Fsp3) is 0.100. The molecule has 29 heavy (non-hydrogen) atoms. The van der Waals surface area contributed by atoms with Gasteiger partial charge in [0.2, 0.25) is 11.8 Å². The zero-order valence-corrected chi connectivity index (χ0v) is 17.3. The van der Waals surface area contributed by atoms with Crippen LogP contribution in [-0.2, 0) is 12.3 Å². The van der Waals surface area contributed by atoms with Gasteiger partial charge in [0.05, 0.1) is 16.7 Å². The van der Waals surface area contributed by atoms with Crippen LogP contribution < -0.4 is 5.56 Å². The van der Waals surface area contributed by atoms with E-state index >= 15 is 0 Å². The van der Waals surface area contributed by atoms with Crippen molar-refractivity contribution in [1.82, 2.24) is 19.7 Å². The van der Waals surface area contributed by atoms with Crippen molar-refractivity contribution in [3.05, 3.63) is 81.4 Å². The van der Waals surface area contributed by atoms with Crippen molar-refractivity contribution >= 4 is 45.9 Å². The molecule has 2 heterocycles. The largest absolute Gasteiger partial charge is 0.420 e. The van der Waals surface area contributed by atoms with Gasteiger partial charge in [0.15, 0.2) is 5.16 Å². The molecule has 0 unspecified atom stereocenters. The maximum absolute atomic E-state index is 12.8. The van der Waals surface area contributed by atoms with Gasteiger partial charge in [-0.2, -0.15) is 0 Å². The lowest BCUT2D eigenvalue weighted by molar-refractivity contribution is 0.528. The Morgan fingerprint density at radius 2 is 1.86 bits per heavy atom. The highest BCUT2D eigenvalue weighted by Crippen LogP contribution is 2.25. The first-order valence-corrected chi connectivity index (χ1v) is 10.3. The quantitative estimate of drug-likeness (QED) is 0.230. The summed E-state index contributed by atoms with van der Waals surface area (Å²) in [5, 5.41) is 10.3. The Morgan fingerprint density at radius 1 is 1.10 bits per heavy atom. The molecule has 0 amide bonds. The molecule has 0 N–H and O–H groups in total. The van der Waals surface area contributed by atoms with E-state index in [-0.39, 0.29) is 5.56 Å². The van der Waals surface area contributed by atoms with Crippen LogP contribution in [0.25, 0.3) is 22.4 Å². The monoisotopic (exact) mass is 444 g/mol. The summed E-state index contributed by atoms with van der Waals surface area (Å²) in [4.78, 5) is 17.4. The van der Waals surface area contributed by atoms with Gasteiger partial charge in [-0.25, -0.2) is 4.98 Å². The Kier molecular flexibility index (Phi) is 5.71. The van der Waals surface area contributed by atoms with Crippen LogP contribution in [-0.4, -0.2) is 19.7 Å². The highest BCUT2D eigenvalue weighted by molar-refractivity contribution is 7.98. The van der Waals surface area contributed by atoms with E-state index in [1.54, 1.807) is 41.0 Å². The molecule has 0 aliphatic heterocycles. The van der Waals surface area contributed by atoms with Gasteiger partial charge in [-0.3, -0.25) is 9.36 Å². The molecule has 9 heteroatoms. The molecule has 0 aliphatic carbocycles. The minimum absolute atomic E-state index is 0.151. The highest BCUT2D eigenvalue weighted by atomic mass is 35.5. The first-order chi connectivity index (χ1) is 14.0. The molecule has 0 aliphatic rings. The van der Waals surface area contributed by atoms with Crippen molar-refractivity contribution in [3.63, 3.8) is 0 Å². The van der Waals surface area contributed by atoms with Crippen molar-refractivity contribution in [2.24, 2.45) is 0 Å². The summed E-state index contributed by atoms with van der Waals surface area (Å²) in [5.74, 6) is 1.18. The average molecular weight is 445 g/mol. The van der Waals surface area contributed by atoms with Gasteiger partial charge in [-0.05, 0) is 42.5 Å². The number of fused-ring (bicyclic) bond motifs is 1. The Morgan fingerprint density at radius 3 is 2.62 bits per heavy atom. The van der Waals surface area contributed by atoms with E-state index in [0.29, 0.717) is 50.2 Å². The topological polar surface area (TPSA) is 73.8 Å². The predicted molar refractivity (Wildman–Crippen MR) is 116 cm³/mol. The van der Waals surface area contributed by atoms with Gasteiger partial charge in [-0.15, -0.1) is 16.8 Å². The van der Waals surface area contributed by atoms with E-state index in [4.69, 9.17) is 27.6 Å². The number of benzene rings is 2. The maximum atomic E-state index is 12.8. The Balaban J connectivity index is 1.62. The molecule has 2 aromatic carbocycles. The smallest absolute Gasteiger partial charge is 0.262 e. The molecule has 0 fully saturated rings. The number of allylic oxidation sites excluding steroid dienone is 1. The summed E-state index contributed by atoms with van der Waals surface area (Å²) >= 11 is 13.3. The van der Waals surface area contributed by atoms with Crippen molar-refractivity contribution in [2.45, 2.75) is 17.5 Å². The lowest BCUT2D eigenvalue weighted by Crippen LogP contribution is -2.22. The lowest BCUT2D eigenvalue weighted by Gasteiger charge is -2.10. The van der Waals surface area contributed by atoms with Crippen LogP contribution in [0.5, 0.6) is 0 Å². The van der Waals surface area contributed by atoms with E-state index in [9.17, 15) is 4.79 Å². The molecular weight excluding hydrogens is 431 g/mol. The molecule has 6 nitrogen and oxygen atoms in total. The van der Waals surface area contributed by atoms with Crippen LogP contribution in [0.15, 0.2) is 69.5 Å². The number of aromatic nitrogens is 4.